The molecule has 1 aromatic heterocycles. The number of hydrogen-bond donors (Lipinski definition) is 1. The number of urea groups is 1. The summed E-state index contributed by atoms with van der Waals surface area (Å²) in [4.78, 5) is 15.2. The van der Waals surface area contributed by atoms with E-state index in [2.05, 4.69) is 92.3 Å². The van der Waals surface area contributed by atoms with Crippen molar-refractivity contribution in [2.45, 2.75) is 45.7 Å². The Kier molecular flexibility index (Phi) is 4.95. The Morgan fingerprint density at radius 3 is 2.31 bits per heavy atom. The van der Waals surface area contributed by atoms with E-state index in [-0.39, 0.29) is 17.5 Å². The summed E-state index contributed by atoms with van der Waals surface area (Å²) in [6, 6.07) is 20.7. The molecule has 1 atom stereocenters. The monoisotopic (exact) mass is 387 g/mol. The molecule has 4 nitrogen and oxygen atoms in total. The number of carbonyl (C=O) groups excluding carboxylic acids is 1. The molecule has 0 bridgehead atoms. The summed E-state index contributed by atoms with van der Waals surface area (Å²) < 4.78 is 2.24. The van der Waals surface area contributed by atoms with Crippen LogP contribution in [0, 0.1) is 6.92 Å². The molecule has 2 amide bonds. The third-order valence-corrected chi connectivity index (χ3v) is 5.69. The highest BCUT2D eigenvalue weighted by Crippen LogP contribution is 2.33. The summed E-state index contributed by atoms with van der Waals surface area (Å²) in [5.74, 6) is 0. The van der Waals surface area contributed by atoms with Crippen LogP contribution < -0.4 is 5.32 Å². The van der Waals surface area contributed by atoms with Gasteiger partial charge in [0.1, 0.15) is 0 Å². The van der Waals surface area contributed by atoms with E-state index < -0.39 is 0 Å². The number of hydrogen-bond acceptors (Lipinski definition) is 1. The second-order valence-corrected chi connectivity index (χ2v) is 8.89. The fourth-order valence-corrected chi connectivity index (χ4v) is 3.95. The van der Waals surface area contributed by atoms with Gasteiger partial charge < -0.3 is 14.8 Å². The minimum Gasteiger partial charge on any atom is -0.348 e. The highest BCUT2D eigenvalue weighted by Gasteiger charge is 2.32. The zero-order chi connectivity index (χ0) is 20.6. The molecule has 150 valence electrons. The van der Waals surface area contributed by atoms with Crippen molar-refractivity contribution in [1.29, 1.82) is 0 Å². The second-order valence-electron chi connectivity index (χ2n) is 8.89. The molecule has 4 heteroatoms. The maximum Gasteiger partial charge on any atom is 0.322 e. The van der Waals surface area contributed by atoms with Crippen LogP contribution in [-0.2, 0) is 12.0 Å². The molecule has 29 heavy (non-hydrogen) atoms. The van der Waals surface area contributed by atoms with Gasteiger partial charge in [-0.3, -0.25) is 0 Å². The fourth-order valence-electron chi connectivity index (χ4n) is 3.95. The smallest absolute Gasteiger partial charge is 0.322 e. The average molecular weight is 388 g/mol. The Bertz CT molecular complexity index is 994. The number of nitrogens with zero attached hydrogens (tertiary/aromatic N) is 2. The number of fused-ring (bicyclic) bond motifs is 1. The molecule has 0 radical (unpaired) electrons. The second kappa shape index (κ2) is 7.43. The van der Waals surface area contributed by atoms with Crippen LogP contribution >= 0.6 is 0 Å². The van der Waals surface area contributed by atoms with Crippen LogP contribution in [-0.4, -0.2) is 22.0 Å². The Morgan fingerprint density at radius 2 is 1.66 bits per heavy atom. The maximum absolute atomic E-state index is 13.2. The predicted octanol–water partition coefficient (Wildman–Crippen LogP) is 5.73. The molecule has 1 aliphatic heterocycles. The average Bonchev–Trinajstić information content (AvgIpc) is 3.16. The zero-order valence-electron chi connectivity index (χ0n) is 17.6. The molecule has 2 aromatic carbocycles. The third-order valence-electron chi connectivity index (χ3n) is 5.69. The predicted molar refractivity (Wildman–Crippen MR) is 118 cm³/mol. The summed E-state index contributed by atoms with van der Waals surface area (Å²) in [5, 5.41) is 3.10. The van der Waals surface area contributed by atoms with Crippen molar-refractivity contribution in [3.63, 3.8) is 0 Å². The molecule has 4 rings (SSSR count). The van der Waals surface area contributed by atoms with Crippen molar-refractivity contribution in [2.24, 2.45) is 0 Å². The first-order valence-corrected chi connectivity index (χ1v) is 10.2. The summed E-state index contributed by atoms with van der Waals surface area (Å²) in [6.45, 7) is 10.1. The maximum atomic E-state index is 13.2. The van der Waals surface area contributed by atoms with Crippen LogP contribution in [0.4, 0.5) is 10.5 Å². The number of benzene rings is 2. The summed E-state index contributed by atoms with van der Waals surface area (Å²) in [6.07, 6.45) is 2.09. The van der Waals surface area contributed by atoms with Crippen LogP contribution in [0.25, 0.3) is 0 Å². The van der Waals surface area contributed by atoms with Crippen molar-refractivity contribution in [3.8, 4) is 0 Å². The summed E-state index contributed by atoms with van der Waals surface area (Å²) in [7, 11) is 0. The van der Waals surface area contributed by atoms with Gasteiger partial charge >= 0.3 is 6.03 Å². The topological polar surface area (TPSA) is 37.3 Å². The number of aryl methyl sites for hydroxylation is 1. The van der Waals surface area contributed by atoms with Gasteiger partial charge in [-0.15, -0.1) is 0 Å². The Labute approximate surface area is 173 Å². The molecule has 1 aliphatic rings. The Balaban J connectivity index is 1.60. The van der Waals surface area contributed by atoms with Crippen molar-refractivity contribution >= 4 is 11.7 Å². The molecule has 0 fully saturated rings. The van der Waals surface area contributed by atoms with Crippen molar-refractivity contribution < 1.29 is 4.79 Å². The molecular formula is C25H29N3O. The third kappa shape index (κ3) is 3.93. The fraction of sp³-hybridized carbons (Fsp3) is 0.320. The number of amides is 2. The molecule has 0 spiro atoms. The largest absolute Gasteiger partial charge is 0.348 e. The van der Waals surface area contributed by atoms with Gasteiger partial charge in [0.25, 0.3) is 0 Å². The van der Waals surface area contributed by atoms with Crippen LogP contribution in [0.1, 0.15) is 49.2 Å². The highest BCUT2D eigenvalue weighted by atomic mass is 16.2. The Morgan fingerprint density at radius 1 is 0.966 bits per heavy atom. The normalized spacial score (nSPS) is 16.4. The number of nitrogens with one attached hydrogen (secondary N) is 1. The van der Waals surface area contributed by atoms with Gasteiger partial charge in [-0.25, -0.2) is 4.79 Å². The summed E-state index contributed by atoms with van der Waals surface area (Å²) in [5.41, 5.74) is 5.68. The highest BCUT2D eigenvalue weighted by molar-refractivity contribution is 5.90. The van der Waals surface area contributed by atoms with Crippen molar-refractivity contribution in [3.05, 3.63) is 89.2 Å². The van der Waals surface area contributed by atoms with Gasteiger partial charge in [0.05, 0.1) is 6.04 Å². The lowest BCUT2D eigenvalue weighted by Crippen LogP contribution is -2.44. The van der Waals surface area contributed by atoms with E-state index in [0.29, 0.717) is 6.54 Å². The molecule has 3 aromatic rings. The van der Waals surface area contributed by atoms with Crippen LogP contribution in [0.15, 0.2) is 66.9 Å². The molecule has 0 saturated carbocycles. The van der Waals surface area contributed by atoms with Crippen LogP contribution in [0.2, 0.25) is 0 Å². The minimum atomic E-state index is -0.0896. The van der Waals surface area contributed by atoms with Crippen LogP contribution in [0.5, 0.6) is 0 Å². The number of aromatic nitrogens is 1. The van der Waals surface area contributed by atoms with Crippen molar-refractivity contribution in [1.82, 2.24) is 9.47 Å². The molecule has 1 N–H and O–H groups in total. The van der Waals surface area contributed by atoms with Crippen molar-refractivity contribution in [2.75, 3.05) is 11.9 Å². The van der Waals surface area contributed by atoms with Gasteiger partial charge in [0.15, 0.2) is 0 Å². The van der Waals surface area contributed by atoms with E-state index in [4.69, 9.17) is 0 Å². The van der Waals surface area contributed by atoms with Gasteiger partial charge in [-0.05, 0) is 47.7 Å². The lowest BCUT2D eigenvalue weighted by molar-refractivity contribution is 0.182. The van der Waals surface area contributed by atoms with E-state index in [0.717, 1.165) is 23.5 Å². The van der Waals surface area contributed by atoms with Gasteiger partial charge in [0.2, 0.25) is 0 Å². The van der Waals surface area contributed by atoms with Crippen LogP contribution in [0.3, 0.4) is 0 Å². The first kappa shape index (κ1) is 19.3. The molecule has 1 unspecified atom stereocenters. The van der Waals surface area contributed by atoms with E-state index >= 15 is 0 Å². The first-order chi connectivity index (χ1) is 13.8. The molecule has 0 aliphatic carbocycles. The zero-order valence-corrected chi connectivity index (χ0v) is 17.6. The quantitative estimate of drug-likeness (QED) is 0.599. The number of anilines is 1. The van der Waals surface area contributed by atoms with E-state index in [1.165, 1.54) is 11.1 Å². The Hall–Kier alpha value is -3.01. The van der Waals surface area contributed by atoms with E-state index in [1.54, 1.807) is 0 Å². The van der Waals surface area contributed by atoms with E-state index in [1.807, 2.05) is 17.0 Å². The van der Waals surface area contributed by atoms with Gasteiger partial charge in [-0.2, -0.15) is 0 Å². The molecule has 0 saturated heterocycles. The standard InChI is InChI=1S/C25H29N3O/c1-18-7-9-19(10-8-18)23-22-6-5-15-27(22)16-17-28(23)24(29)26-21-13-11-20(12-14-21)25(2,3)4/h5-15,23H,16-17H2,1-4H3,(H,26,29). The lowest BCUT2D eigenvalue weighted by Gasteiger charge is -2.37. The SMILES string of the molecule is Cc1ccc(C2c3cccn3CCN2C(=O)Nc2ccc(C(C)(C)C)cc2)cc1. The number of rotatable bonds is 2. The van der Waals surface area contributed by atoms with E-state index in [9.17, 15) is 4.79 Å². The minimum absolute atomic E-state index is 0.0634. The first-order valence-electron chi connectivity index (χ1n) is 10.2. The summed E-state index contributed by atoms with van der Waals surface area (Å²) >= 11 is 0. The molecular weight excluding hydrogens is 358 g/mol. The lowest BCUT2D eigenvalue weighted by atomic mass is 9.87. The van der Waals surface area contributed by atoms with Gasteiger partial charge in [-0.1, -0.05) is 62.7 Å². The van der Waals surface area contributed by atoms with Gasteiger partial charge in [0, 0.05) is 30.7 Å². The number of carbonyl (C=O) groups is 1. The molecule has 2 heterocycles.